The van der Waals surface area contributed by atoms with Crippen LogP contribution in [0.15, 0.2) is 29.2 Å². The van der Waals surface area contributed by atoms with Crippen LogP contribution in [0.3, 0.4) is 0 Å². The Kier molecular flexibility index (Phi) is 2.20. The highest BCUT2D eigenvalue weighted by Gasteiger charge is 2.24. The lowest BCUT2D eigenvalue weighted by molar-refractivity contribution is 0.879. The number of benzene rings is 1. The number of hydrogen-bond donors (Lipinski definition) is 0. The summed E-state index contributed by atoms with van der Waals surface area (Å²) in [6.45, 7) is 2.88. The Labute approximate surface area is 83.1 Å². The van der Waals surface area contributed by atoms with Crippen LogP contribution in [-0.4, -0.2) is 11.9 Å². The Bertz CT molecular complexity index is 353. The summed E-state index contributed by atoms with van der Waals surface area (Å²) in [6.07, 6.45) is 5.33. The molecule has 1 aromatic rings. The predicted molar refractivity (Wildman–Crippen MR) is 57.9 cm³/mol. The van der Waals surface area contributed by atoms with Gasteiger partial charge in [0, 0.05) is 4.90 Å². The fourth-order valence-electron chi connectivity index (χ4n) is 1.55. The van der Waals surface area contributed by atoms with Crippen LogP contribution in [0.2, 0.25) is 0 Å². The van der Waals surface area contributed by atoms with Gasteiger partial charge in [-0.15, -0.1) is 6.42 Å². The highest BCUT2D eigenvalue weighted by Crippen LogP contribution is 2.42. The Morgan fingerprint density at radius 3 is 3.08 bits per heavy atom. The molecule has 0 N–H and O–H groups in total. The van der Waals surface area contributed by atoms with Crippen molar-refractivity contribution in [3.63, 3.8) is 0 Å². The van der Waals surface area contributed by atoms with E-state index in [0.29, 0.717) is 11.9 Å². The van der Waals surface area contributed by atoms with Crippen LogP contribution in [0.5, 0.6) is 0 Å². The summed E-state index contributed by atoms with van der Waals surface area (Å²) in [5.41, 5.74) is 1.28. The normalized spacial score (nSPS) is 19.7. The van der Waals surface area contributed by atoms with Gasteiger partial charge in [0.2, 0.25) is 0 Å². The molecular weight excluding hydrogens is 178 g/mol. The van der Waals surface area contributed by atoms with Gasteiger partial charge in [0.15, 0.2) is 0 Å². The van der Waals surface area contributed by atoms with Crippen LogP contribution in [0, 0.1) is 12.3 Å². The molecule has 0 bridgehead atoms. The van der Waals surface area contributed by atoms with Gasteiger partial charge in [-0.05, 0) is 19.1 Å². The number of rotatable bonds is 1. The number of nitrogens with zero attached hydrogens (tertiary/aromatic N) is 1. The monoisotopic (exact) mass is 189 g/mol. The summed E-state index contributed by atoms with van der Waals surface area (Å²) in [5, 5.41) is 0.466. The van der Waals surface area contributed by atoms with E-state index in [1.165, 1.54) is 10.6 Å². The van der Waals surface area contributed by atoms with Gasteiger partial charge in [-0.25, -0.2) is 0 Å². The van der Waals surface area contributed by atoms with Gasteiger partial charge >= 0.3 is 0 Å². The molecule has 0 spiro atoms. The lowest BCUT2D eigenvalue weighted by atomic mass is 10.3. The van der Waals surface area contributed by atoms with Crippen molar-refractivity contribution >= 4 is 17.4 Å². The summed E-state index contributed by atoms with van der Waals surface area (Å²) < 4.78 is 0. The molecule has 0 saturated heterocycles. The van der Waals surface area contributed by atoms with Crippen LogP contribution >= 0.6 is 11.8 Å². The first-order valence-electron chi connectivity index (χ1n) is 4.28. The summed E-state index contributed by atoms with van der Waals surface area (Å²) in [7, 11) is 0. The van der Waals surface area contributed by atoms with E-state index in [0.717, 1.165) is 0 Å². The second-order valence-corrected chi connectivity index (χ2v) is 4.37. The van der Waals surface area contributed by atoms with Crippen molar-refractivity contribution in [3.05, 3.63) is 24.3 Å². The van der Waals surface area contributed by atoms with Gasteiger partial charge in [0.05, 0.1) is 17.6 Å². The van der Waals surface area contributed by atoms with Crippen LogP contribution in [-0.2, 0) is 0 Å². The predicted octanol–water partition coefficient (Wildman–Crippen LogP) is 2.58. The lowest BCUT2D eigenvalue weighted by Crippen LogP contribution is -2.26. The van der Waals surface area contributed by atoms with Crippen molar-refractivity contribution in [3.8, 4) is 12.3 Å². The smallest absolute Gasteiger partial charge is 0.0803 e. The molecule has 13 heavy (non-hydrogen) atoms. The number of anilines is 1. The quantitative estimate of drug-likeness (QED) is 0.625. The average Bonchev–Trinajstić information content (AvgIpc) is 2.44. The molecule has 0 aliphatic carbocycles. The number of terminal acetylenes is 1. The van der Waals surface area contributed by atoms with E-state index in [9.17, 15) is 0 Å². The Balaban J connectivity index is 2.36. The molecule has 0 amide bonds. The van der Waals surface area contributed by atoms with Crippen LogP contribution in [0.4, 0.5) is 5.69 Å². The highest BCUT2D eigenvalue weighted by atomic mass is 32.2. The van der Waals surface area contributed by atoms with Gasteiger partial charge in [-0.1, -0.05) is 29.8 Å². The van der Waals surface area contributed by atoms with Gasteiger partial charge in [0.25, 0.3) is 0 Å². The van der Waals surface area contributed by atoms with Crippen molar-refractivity contribution in [2.45, 2.75) is 17.2 Å². The molecule has 0 fully saturated rings. The Morgan fingerprint density at radius 1 is 1.54 bits per heavy atom. The third kappa shape index (κ3) is 1.40. The molecule has 2 rings (SSSR count). The summed E-state index contributed by atoms with van der Waals surface area (Å²) >= 11 is 1.87. The second-order valence-electron chi connectivity index (χ2n) is 3.02. The maximum Gasteiger partial charge on any atom is 0.0803 e. The molecule has 1 aliphatic rings. The standard InChI is InChI=1S/C11H11NS/c1-3-8-12-9(2)13-11-7-5-4-6-10(11)12/h1,4-7,9H,8H2,2H3. The molecule has 1 nitrogen and oxygen atoms in total. The zero-order valence-electron chi connectivity index (χ0n) is 7.53. The van der Waals surface area contributed by atoms with E-state index in [2.05, 4.69) is 42.0 Å². The fraction of sp³-hybridized carbons (Fsp3) is 0.273. The Hall–Kier alpha value is -1.07. The van der Waals surface area contributed by atoms with E-state index in [1.807, 2.05) is 11.8 Å². The summed E-state index contributed by atoms with van der Waals surface area (Å²) in [6, 6.07) is 8.40. The largest absolute Gasteiger partial charge is 0.347 e. The minimum absolute atomic E-state index is 0.466. The molecule has 0 radical (unpaired) electrons. The van der Waals surface area contributed by atoms with Crippen molar-refractivity contribution in [1.82, 2.24) is 0 Å². The van der Waals surface area contributed by atoms with Gasteiger partial charge < -0.3 is 4.90 Å². The second kappa shape index (κ2) is 3.35. The number of fused-ring (bicyclic) bond motifs is 1. The molecule has 1 aliphatic heterocycles. The number of hydrogen-bond acceptors (Lipinski definition) is 2. The van der Waals surface area contributed by atoms with E-state index < -0.39 is 0 Å². The molecule has 2 heteroatoms. The van der Waals surface area contributed by atoms with E-state index >= 15 is 0 Å². The zero-order valence-corrected chi connectivity index (χ0v) is 8.34. The topological polar surface area (TPSA) is 3.24 Å². The lowest BCUT2D eigenvalue weighted by Gasteiger charge is -2.20. The minimum atomic E-state index is 0.466. The van der Waals surface area contributed by atoms with Crippen molar-refractivity contribution in [2.24, 2.45) is 0 Å². The first-order valence-corrected chi connectivity index (χ1v) is 5.16. The maximum absolute atomic E-state index is 5.33. The highest BCUT2D eigenvalue weighted by molar-refractivity contribution is 8.00. The number of para-hydroxylation sites is 1. The maximum atomic E-state index is 5.33. The SMILES string of the molecule is C#CCN1c2ccccc2SC1C. The van der Waals surface area contributed by atoms with Crippen molar-refractivity contribution < 1.29 is 0 Å². The number of thioether (sulfide) groups is 1. The zero-order chi connectivity index (χ0) is 9.26. The third-order valence-corrected chi connectivity index (χ3v) is 3.37. The molecule has 0 aromatic heterocycles. The van der Waals surface area contributed by atoms with E-state index in [-0.39, 0.29) is 0 Å². The van der Waals surface area contributed by atoms with Gasteiger partial charge in [0.1, 0.15) is 0 Å². The summed E-state index contributed by atoms with van der Waals surface area (Å²) in [4.78, 5) is 3.59. The summed E-state index contributed by atoms with van der Waals surface area (Å²) in [5.74, 6) is 2.69. The van der Waals surface area contributed by atoms with Crippen molar-refractivity contribution in [1.29, 1.82) is 0 Å². The molecule has 0 saturated carbocycles. The molecule has 1 unspecified atom stereocenters. The van der Waals surface area contributed by atoms with E-state index in [1.54, 1.807) is 0 Å². The van der Waals surface area contributed by atoms with Crippen LogP contribution < -0.4 is 4.90 Å². The fourth-order valence-corrected chi connectivity index (χ4v) is 2.70. The molecule has 1 heterocycles. The Morgan fingerprint density at radius 2 is 2.31 bits per heavy atom. The third-order valence-electron chi connectivity index (χ3n) is 2.17. The van der Waals surface area contributed by atoms with Crippen LogP contribution in [0.1, 0.15) is 6.92 Å². The molecule has 1 atom stereocenters. The minimum Gasteiger partial charge on any atom is -0.347 e. The molecule has 1 aromatic carbocycles. The van der Waals surface area contributed by atoms with Crippen LogP contribution in [0.25, 0.3) is 0 Å². The van der Waals surface area contributed by atoms with E-state index in [4.69, 9.17) is 6.42 Å². The first-order chi connectivity index (χ1) is 6.33. The van der Waals surface area contributed by atoms with Gasteiger partial charge in [-0.3, -0.25) is 0 Å². The van der Waals surface area contributed by atoms with Crippen molar-refractivity contribution in [2.75, 3.05) is 11.4 Å². The molecule has 66 valence electrons. The molecular formula is C11H11NS. The van der Waals surface area contributed by atoms with Gasteiger partial charge in [-0.2, -0.15) is 0 Å². The first kappa shape index (κ1) is 8.52. The average molecular weight is 189 g/mol.